The standard InChI is InChI=1S/C24H35F3N4O3S/c1-15(24(25,26)27)33-23-30-20-8-11-31(12-9-21(20)35-23)10-7-17-3-5-18(6-4-17)29-22(32)13-19-14-28-16(2)34-19/h15,17-19H,3-14H2,1-2H3,(H,29,32). The molecule has 0 radical (unpaired) electrons. The van der Waals surface area contributed by atoms with E-state index in [1.165, 1.54) is 11.3 Å². The highest BCUT2D eigenvalue weighted by Crippen LogP contribution is 2.32. The van der Waals surface area contributed by atoms with E-state index >= 15 is 0 Å². The third-order valence-electron chi connectivity index (χ3n) is 7.15. The van der Waals surface area contributed by atoms with Crippen LogP contribution in [0.5, 0.6) is 5.19 Å². The van der Waals surface area contributed by atoms with E-state index in [1.807, 2.05) is 6.92 Å². The quantitative estimate of drug-likeness (QED) is 0.562. The van der Waals surface area contributed by atoms with Crippen LogP contribution in [0.15, 0.2) is 4.99 Å². The van der Waals surface area contributed by atoms with Crippen LogP contribution in [0.2, 0.25) is 0 Å². The number of amides is 1. The molecule has 2 aliphatic heterocycles. The summed E-state index contributed by atoms with van der Waals surface area (Å²) in [6.45, 7) is 6.16. The lowest BCUT2D eigenvalue weighted by molar-refractivity contribution is -0.189. The summed E-state index contributed by atoms with van der Waals surface area (Å²) < 4.78 is 48.8. The highest BCUT2D eigenvalue weighted by molar-refractivity contribution is 7.13. The minimum absolute atomic E-state index is 0.0513. The highest BCUT2D eigenvalue weighted by atomic mass is 32.1. The van der Waals surface area contributed by atoms with Crippen LogP contribution in [0.25, 0.3) is 0 Å². The molecule has 2 atom stereocenters. The number of nitrogens with one attached hydrogen (secondary N) is 1. The first kappa shape index (κ1) is 26.2. The molecule has 4 rings (SSSR count). The second-order valence-corrected chi connectivity index (χ2v) is 10.9. The fourth-order valence-corrected chi connectivity index (χ4v) is 6.00. The van der Waals surface area contributed by atoms with Gasteiger partial charge in [0.05, 0.1) is 18.7 Å². The topological polar surface area (TPSA) is 76.1 Å². The molecule has 1 saturated carbocycles. The van der Waals surface area contributed by atoms with Gasteiger partial charge in [0, 0.05) is 37.4 Å². The van der Waals surface area contributed by atoms with Crippen molar-refractivity contribution in [1.82, 2.24) is 15.2 Å². The molecule has 0 aromatic carbocycles. The van der Waals surface area contributed by atoms with Gasteiger partial charge >= 0.3 is 6.18 Å². The number of carbonyl (C=O) groups is 1. The summed E-state index contributed by atoms with van der Waals surface area (Å²) in [4.78, 5) is 24.3. The number of hydrogen-bond donors (Lipinski definition) is 1. The van der Waals surface area contributed by atoms with Gasteiger partial charge in [0.15, 0.2) is 12.0 Å². The molecule has 196 valence electrons. The number of aromatic nitrogens is 1. The summed E-state index contributed by atoms with van der Waals surface area (Å²) in [5.41, 5.74) is 0.878. The van der Waals surface area contributed by atoms with Crippen LogP contribution in [-0.2, 0) is 22.4 Å². The zero-order valence-corrected chi connectivity index (χ0v) is 21.2. The zero-order valence-electron chi connectivity index (χ0n) is 20.4. The molecule has 35 heavy (non-hydrogen) atoms. The van der Waals surface area contributed by atoms with Crippen molar-refractivity contribution in [3.63, 3.8) is 0 Å². The van der Waals surface area contributed by atoms with Gasteiger partial charge in [-0.3, -0.25) is 9.79 Å². The van der Waals surface area contributed by atoms with Crippen molar-refractivity contribution < 1.29 is 27.4 Å². The normalized spacial score (nSPS) is 26.3. The minimum Gasteiger partial charge on any atom is -0.475 e. The second-order valence-electron chi connectivity index (χ2n) is 9.87. The van der Waals surface area contributed by atoms with Crippen molar-refractivity contribution in [3.05, 3.63) is 10.6 Å². The van der Waals surface area contributed by atoms with Crippen molar-refractivity contribution in [2.75, 3.05) is 26.2 Å². The van der Waals surface area contributed by atoms with E-state index < -0.39 is 12.3 Å². The molecule has 1 N–H and O–H groups in total. The molecular formula is C24H35F3N4O3S. The first-order valence-electron chi connectivity index (χ1n) is 12.6. The summed E-state index contributed by atoms with van der Waals surface area (Å²) in [6, 6.07) is 0.249. The SMILES string of the molecule is CC1=NCC(CC(=O)NC2CCC(CCN3CCc4nc(OC(C)C(F)(F)F)sc4CC3)CC2)O1. The van der Waals surface area contributed by atoms with Crippen LogP contribution >= 0.6 is 11.3 Å². The fraction of sp³-hybridized carbons (Fsp3) is 0.792. The number of alkyl halides is 3. The fourth-order valence-electron chi connectivity index (χ4n) is 4.98. The average molecular weight is 517 g/mol. The Balaban J connectivity index is 1.13. The van der Waals surface area contributed by atoms with Crippen LogP contribution < -0.4 is 10.1 Å². The van der Waals surface area contributed by atoms with Crippen LogP contribution in [-0.4, -0.2) is 72.3 Å². The van der Waals surface area contributed by atoms with Crippen LogP contribution in [0, 0.1) is 5.92 Å². The number of carbonyl (C=O) groups excluding carboxylic acids is 1. The van der Waals surface area contributed by atoms with Gasteiger partial charge in [-0.2, -0.15) is 13.2 Å². The maximum Gasteiger partial charge on any atom is 0.425 e. The van der Waals surface area contributed by atoms with Crippen molar-refractivity contribution in [1.29, 1.82) is 0 Å². The predicted octanol–water partition coefficient (Wildman–Crippen LogP) is 4.15. The largest absolute Gasteiger partial charge is 0.475 e. The predicted molar refractivity (Wildman–Crippen MR) is 128 cm³/mol. The zero-order chi connectivity index (χ0) is 25.0. The van der Waals surface area contributed by atoms with Crippen molar-refractivity contribution in [2.24, 2.45) is 10.9 Å². The molecule has 1 aliphatic carbocycles. The lowest BCUT2D eigenvalue weighted by atomic mass is 9.84. The third kappa shape index (κ3) is 7.55. The Bertz CT molecular complexity index is 874. The molecule has 7 nitrogen and oxygen atoms in total. The molecule has 3 heterocycles. The number of ether oxygens (including phenoxy) is 2. The van der Waals surface area contributed by atoms with Gasteiger partial charge < -0.3 is 19.7 Å². The van der Waals surface area contributed by atoms with Gasteiger partial charge in [-0.05, 0) is 57.9 Å². The van der Waals surface area contributed by atoms with E-state index in [0.29, 0.717) is 24.8 Å². The molecular weight excluding hydrogens is 481 g/mol. The second kappa shape index (κ2) is 11.5. The van der Waals surface area contributed by atoms with Crippen LogP contribution in [0.4, 0.5) is 13.2 Å². The third-order valence-corrected chi connectivity index (χ3v) is 8.20. The van der Waals surface area contributed by atoms with Crippen molar-refractivity contribution in [2.45, 2.75) is 89.6 Å². The summed E-state index contributed by atoms with van der Waals surface area (Å²) in [6.07, 6.45) is 0.937. The molecule has 1 aromatic rings. The summed E-state index contributed by atoms with van der Waals surface area (Å²) >= 11 is 1.25. The molecule has 2 unspecified atom stereocenters. The van der Waals surface area contributed by atoms with Gasteiger partial charge in [0.2, 0.25) is 5.91 Å². The monoisotopic (exact) mass is 516 g/mol. The number of hydrogen-bond acceptors (Lipinski definition) is 7. The maximum atomic E-state index is 12.8. The number of aliphatic imine (C=N–C) groups is 1. The van der Waals surface area contributed by atoms with Gasteiger partial charge in [0.25, 0.3) is 5.19 Å². The summed E-state index contributed by atoms with van der Waals surface area (Å²) in [5.74, 6) is 1.38. The van der Waals surface area contributed by atoms with Crippen molar-refractivity contribution in [3.8, 4) is 5.19 Å². The number of nitrogens with zero attached hydrogens (tertiary/aromatic N) is 3. The number of thiazole rings is 1. The van der Waals surface area contributed by atoms with Crippen LogP contribution in [0.1, 0.15) is 62.9 Å². The summed E-state index contributed by atoms with van der Waals surface area (Å²) in [5, 5.41) is 3.29. The van der Waals surface area contributed by atoms with Gasteiger partial charge in [-0.25, -0.2) is 4.98 Å². The first-order chi connectivity index (χ1) is 16.7. The smallest absolute Gasteiger partial charge is 0.425 e. The molecule has 0 saturated heterocycles. The molecule has 0 bridgehead atoms. The average Bonchev–Trinajstić information content (AvgIpc) is 3.33. The van der Waals surface area contributed by atoms with E-state index in [-0.39, 0.29) is 23.2 Å². The van der Waals surface area contributed by atoms with E-state index in [2.05, 4.69) is 20.2 Å². The van der Waals surface area contributed by atoms with Crippen molar-refractivity contribution >= 4 is 23.1 Å². The summed E-state index contributed by atoms with van der Waals surface area (Å²) in [7, 11) is 0. The number of rotatable bonds is 8. The Labute approximate surface area is 208 Å². The van der Waals surface area contributed by atoms with E-state index in [1.54, 1.807) is 0 Å². The molecule has 0 spiro atoms. The maximum absolute atomic E-state index is 12.8. The Morgan fingerprint density at radius 2 is 2.00 bits per heavy atom. The van der Waals surface area contributed by atoms with E-state index in [4.69, 9.17) is 9.47 Å². The Morgan fingerprint density at radius 1 is 1.26 bits per heavy atom. The van der Waals surface area contributed by atoms with Gasteiger partial charge in [-0.15, -0.1) is 0 Å². The minimum atomic E-state index is -4.39. The van der Waals surface area contributed by atoms with E-state index in [0.717, 1.165) is 82.1 Å². The first-order valence-corrected chi connectivity index (χ1v) is 13.4. The van der Waals surface area contributed by atoms with Gasteiger partial charge in [0.1, 0.15) is 6.10 Å². The molecule has 1 amide bonds. The number of halogens is 3. The molecule has 3 aliphatic rings. The van der Waals surface area contributed by atoms with E-state index in [9.17, 15) is 18.0 Å². The lowest BCUT2D eigenvalue weighted by Gasteiger charge is -2.31. The highest BCUT2D eigenvalue weighted by Gasteiger charge is 2.39. The molecule has 11 heteroatoms. The Hall–Kier alpha value is -1.88. The number of fused-ring (bicyclic) bond motifs is 1. The Kier molecular flexibility index (Phi) is 8.57. The Morgan fingerprint density at radius 3 is 2.69 bits per heavy atom. The molecule has 1 fully saturated rings. The van der Waals surface area contributed by atoms with Crippen LogP contribution in [0.3, 0.4) is 0 Å². The van der Waals surface area contributed by atoms with Gasteiger partial charge in [-0.1, -0.05) is 11.3 Å². The lowest BCUT2D eigenvalue weighted by Crippen LogP contribution is -2.39. The molecule has 1 aromatic heterocycles.